The highest BCUT2D eigenvalue weighted by Gasteiger charge is 2.15. The molecule has 2 aromatic heterocycles. The van der Waals surface area contributed by atoms with E-state index in [9.17, 15) is 0 Å². The molecule has 0 saturated carbocycles. The van der Waals surface area contributed by atoms with Gasteiger partial charge in [0.15, 0.2) is 0 Å². The van der Waals surface area contributed by atoms with Crippen LogP contribution in [0.15, 0.2) is 54.9 Å². The first-order valence-corrected chi connectivity index (χ1v) is 6.27. The second kappa shape index (κ2) is 4.69. The fourth-order valence-corrected chi connectivity index (χ4v) is 2.27. The van der Waals surface area contributed by atoms with E-state index in [1.54, 1.807) is 12.4 Å². The molecule has 0 aliphatic carbocycles. The molecular formula is C16H15N3. The maximum atomic E-state index is 4.65. The van der Waals surface area contributed by atoms with Crippen molar-refractivity contribution in [1.29, 1.82) is 0 Å². The molecule has 94 valence electrons. The summed E-state index contributed by atoms with van der Waals surface area (Å²) in [5.41, 5.74) is 5.65. The third kappa shape index (κ3) is 2.03. The Hall–Kier alpha value is -2.42. The van der Waals surface area contributed by atoms with Gasteiger partial charge < -0.3 is 0 Å². The van der Waals surface area contributed by atoms with E-state index in [1.807, 2.05) is 29.9 Å². The van der Waals surface area contributed by atoms with E-state index in [0.29, 0.717) is 0 Å². The molecule has 0 aliphatic heterocycles. The topological polar surface area (TPSA) is 30.7 Å². The van der Waals surface area contributed by atoms with Gasteiger partial charge in [-0.05, 0) is 24.6 Å². The van der Waals surface area contributed by atoms with Gasteiger partial charge in [-0.1, -0.05) is 30.3 Å². The average Bonchev–Trinajstić information content (AvgIpc) is 2.77. The lowest BCUT2D eigenvalue weighted by Gasteiger charge is -2.04. The van der Waals surface area contributed by atoms with E-state index in [0.717, 1.165) is 17.0 Å². The van der Waals surface area contributed by atoms with E-state index in [2.05, 4.69) is 41.3 Å². The lowest BCUT2D eigenvalue weighted by Crippen LogP contribution is -1.92. The summed E-state index contributed by atoms with van der Waals surface area (Å²) in [6.45, 7) is 2.10. The van der Waals surface area contributed by atoms with Crippen LogP contribution in [0.3, 0.4) is 0 Å². The predicted octanol–water partition coefficient (Wildman–Crippen LogP) is 3.46. The minimum atomic E-state index is 1.01. The molecule has 0 spiro atoms. The molecule has 3 rings (SSSR count). The predicted molar refractivity (Wildman–Crippen MR) is 76.6 cm³/mol. The van der Waals surface area contributed by atoms with Gasteiger partial charge in [-0.2, -0.15) is 5.10 Å². The van der Waals surface area contributed by atoms with E-state index in [-0.39, 0.29) is 0 Å². The number of aryl methyl sites for hydroxylation is 1. The van der Waals surface area contributed by atoms with Crippen LogP contribution in [0.4, 0.5) is 0 Å². The maximum absolute atomic E-state index is 4.65. The minimum absolute atomic E-state index is 1.01. The standard InChI is InChI=1S/C16H15N3/c1-12-15(13-6-4-3-5-7-13)16(18-19(12)2)14-8-10-17-11-9-14/h3-11H,1-2H3. The zero-order chi connectivity index (χ0) is 13.2. The molecular weight excluding hydrogens is 234 g/mol. The molecule has 0 atom stereocenters. The number of rotatable bonds is 2. The summed E-state index contributed by atoms with van der Waals surface area (Å²) in [5, 5.41) is 4.65. The second-order valence-electron chi connectivity index (χ2n) is 4.53. The number of hydrogen-bond donors (Lipinski definition) is 0. The van der Waals surface area contributed by atoms with Gasteiger partial charge in [0.25, 0.3) is 0 Å². The van der Waals surface area contributed by atoms with E-state index < -0.39 is 0 Å². The van der Waals surface area contributed by atoms with Gasteiger partial charge in [0.05, 0.1) is 0 Å². The molecule has 0 aliphatic rings. The van der Waals surface area contributed by atoms with Crippen molar-refractivity contribution < 1.29 is 0 Å². The Balaban J connectivity index is 2.25. The lowest BCUT2D eigenvalue weighted by atomic mass is 10.00. The van der Waals surface area contributed by atoms with Gasteiger partial charge in [0, 0.05) is 36.3 Å². The molecule has 0 fully saturated rings. The van der Waals surface area contributed by atoms with Crippen molar-refractivity contribution in [2.45, 2.75) is 6.92 Å². The highest BCUT2D eigenvalue weighted by Crippen LogP contribution is 2.33. The highest BCUT2D eigenvalue weighted by atomic mass is 15.3. The SMILES string of the molecule is Cc1c(-c2ccccc2)c(-c2ccncc2)nn1C. The van der Waals surface area contributed by atoms with Crippen molar-refractivity contribution >= 4 is 0 Å². The molecule has 0 saturated heterocycles. The van der Waals surface area contributed by atoms with Gasteiger partial charge in [0.2, 0.25) is 0 Å². The molecule has 0 radical (unpaired) electrons. The van der Waals surface area contributed by atoms with Gasteiger partial charge in [-0.25, -0.2) is 0 Å². The molecule has 19 heavy (non-hydrogen) atoms. The van der Waals surface area contributed by atoms with Gasteiger partial charge >= 0.3 is 0 Å². The molecule has 0 amide bonds. The van der Waals surface area contributed by atoms with Crippen molar-refractivity contribution in [1.82, 2.24) is 14.8 Å². The Kier molecular flexibility index (Phi) is 2.88. The summed E-state index contributed by atoms with van der Waals surface area (Å²) < 4.78 is 1.93. The van der Waals surface area contributed by atoms with Crippen molar-refractivity contribution in [3.63, 3.8) is 0 Å². The van der Waals surface area contributed by atoms with Crippen LogP contribution in [-0.2, 0) is 7.05 Å². The largest absolute Gasteiger partial charge is 0.272 e. The van der Waals surface area contributed by atoms with Crippen molar-refractivity contribution in [2.24, 2.45) is 7.05 Å². The fourth-order valence-electron chi connectivity index (χ4n) is 2.27. The third-order valence-electron chi connectivity index (χ3n) is 3.35. The summed E-state index contributed by atoms with van der Waals surface area (Å²) >= 11 is 0. The number of nitrogens with zero attached hydrogens (tertiary/aromatic N) is 3. The average molecular weight is 249 g/mol. The Morgan fingerprint density at radius 1 is 0.895 bits per heavy atom. The van der Waals surface area contributed by atoms with Crippen LogP contribution in [-0.4, -0.2) is 14.8 Å². The van der Waals surface area contributed by atoms with E-state index in [1.165, 1.54) is 11.1 Å². The first-order valence-electron chi connectivity index (χ1n) is 6.27. The maximum Gasteiger partial charge on any atom is 0.100 e. The van der Waals surface area contributed by atoms with Crippen LogP contribution >= 0.6 is 0 Å². The number of aromatic nitrogens is 3. The molecule has 0 N–H and O–H groups in total. The Morgan fingerprint density at radius 2 is 1.58 bits per heavy atom. The van der Waals surface area contributed by atoms with Crippen molar-refractivity contribution in [2.75, 3.05) is 0 Å². The van der Waals surface area contributed by atoms with Crippen LogP contribution in [0, 0.1) is 6.92 Å². The smallest absolute Gasteiger partial charge is 0.100 e. The molecule has 0 unspecified atom stereocenters. The lowest BCUT2D eigenvalue weighted by molar-refractivity contribution is 0.743. The molecule has 3 heteroatoms. The normalized spacial score (nSPS) is 10.6. The minimum Gasteiger partial charge on any atom is -0.272 e. The van der Waals surface area contributed by atoms with Crippen molar-refractivity contribution in [3.05, 3.63) is 60.6 Å². The van der Waals surface area contributed by atoms with E-state index >= 15 is 0 Å². The van der Waals surface area contributed by atoms with Gasteiger partial charge in [-0.3, -0.25) is 9.67 Å². The zero-order valence-corrected chi connectivity index (χ0v) is 11.0. The molecule has 3 aromatic rings. The summed E-state index contributed by atoms with van der Waals surface area (Å²) in [4.78, 5) is 4.07. The van der Waals surface area contributed by atoms with Crippen LogP contribution in [0.2, 0.25) is 0 Å². The summed E-state index contributed by atoms with van der Waals surface area (Å²) in [6, 6.07) is 14.4. The quantitative estimate of drug-likeness (QED) is 0.696. The van der Waals surface area contributed by atoms with Crippen molar-refractivity contribution in [3.8, 4) is 22.4 Å². The van der Waals surface area contributed by atoms with Crippen LogP contribution in [0.5, 0.6) is 0 Å². The number of hydrogen-bond acceptors (Lipinski definition) is 2. The van der Waals surface area contributed by atoms with Crippen LogP contribution < -0.4 is 0 Å². The third-order valence-corrected chi connectivity index (χ3v) is 3.35. The fraction of sp³-hybridized carbons (Fsp3) is 0.125. The monoisotopic (exact) mass is 249 g/mol. The van der Waals surface area contributed by atoms with Crippen LogP contribution in [0.25, 0.3) is 22.4 Å². The highest BCUT2D eigenvalue weighted by molar-refractivity contribution is 5.82. The number of benzene rings is 1. The number of pyridine rings is 1. The van der Waals surface area contributed by atoms with Gasteiger partial charge in [0.1, 0.15) is 5.69 Å². The van der Waals surface area contributed by atoms with Crippen LogP contribution in [0.1, 0.15) is 5.69 Å². The molecule has 1 aromatic carbocycles. The van der Waals surface area contributed by atoms with Gasteiger partial charge in [-0.15, -0.1) is 0 Å². The molecule has 2 heterocycles. The Bertz CT molecular complexity index is 685. The summed E-state index contributed by atoms with van der Waals surface area (Å²) in [6.07, 6.45) is 3.60. The first kappa shape index (κ1) is 11.7. The zero-order valence-electron chi connectivity index (χ0n) is 11.0. The second-order valence-corrected chi connectivity index (χ2v) is 4.53. The summed E-state index contributed by atoms with van der Waals surface area (Å²) in [7, 11) is 1.98. The van der Waals surface area contributed by atoms with E-state index in [4.69, 9.17) is 0 Å². The molecule has 3 nitrogen and oxygen atoms in total. The summed E-state index contributed by atoms with van der Waals surface area (Å²) in [5.74, 6) is 0. The first-order chi connectivity index (χ1) is 9.27. The Morgan fingerprint density at radius 3 is 2.26 bits per heavy atom. The molecule has 0 bridgehead atoms. The Labute approximate surface area is 112 Å².